The molecule has 3 aromatic rings. The van der Waals surface area contributed by atoms with Crippen molar-refractivity contribution in [2.24, 2.45) is 5.41 Å². The van der Waals surface area contributed by atoms with E-state index in [4.69, 9.17) is 14.2 Å². The molecule has 0 spiro atoms. The van der Waals surface area contributed by atoms with E-state index in [0.29, 0.717) is 34.6 Å². The molecule has 6 heteroatoms. The van der Waals surface area contributed by atoms with E-state index in [1.807, 2.05) is 24.3 Å². The molecule has 0 aliphatic heterocycles. The number of fused-ring (bicyclic) bond motifs is 1. The molecule has 4 nitrogen and oxygen atoms in total. The van der Waals surface area contributed by atoms with Gasteiger partial charge in [0.15, 0.2) is 0 Å². The van der Waals surface area contributed by atoms with E-state index in [2.05, 4.69) is 20.8 Å². The van der Waals surface area contributed by atoms with Crippen LogP contribution in [0.1, 0.15) is 81.0 Å². The van der Waals surface area contributed by atoms with Crippen LogP contribution in [0.3, 0.4) is 0 Å². The Morgan fingerprint density at radius 1 is 0.925 bits per heavy atom. The standard InChI is InChI=1S/C34H38F2O4/c1-33(2)13-6-7-28(33)26-15-22(31(36)18-25(26)27-16-23(38-4)10-11-30(27)35)20-40-24-9-8-21-12-14-34(3,29(21)17-24)19-32(37)39-5/h8-11,15-18,28H,6-7,12-14,19-20H2,1-5H3/t28-,34+/m0/s1. The van der Waals surface area contributed by atoms with Gasteiger partial charge in [-0.25, -0.2) is 8.78 Å². The van der Waals surface area contributed by atoms with Crippen molar-refractivity contribution in [2.75, 3.05) is 14.2 Å². The second-order valence-electron chi connectivity index (χ2n) is 12.2. The van der Waals surface area contributed by atoms with Crippen LogP contribution in [0.2, 0.25) is 0 Å². The summed E-state index contributed by atoms with van der Waals surface area (Å²) in [5.74, 6) is 0.228. The number of esters is 1. The zero-order chi connectivity index (χ0) is 28.7. The Morgan fingerprint density at radius 3 is 2.40 bits per heavy atom. The van der Waals surface area contributed by atoms with Crippen molar-refractivity contribution in [3.63, 3.8) is 0 Å². The summed E-state index contributed by atoms with van der Waals surface area (Å²) in [4.78, 5) is 12.1. The van der Waals surface area contributed by atoms with Gasteiger partial charge in [-0.2, -0.15) is 0 Å². The van der Waals surface area contributed by atoms with Crippen molar-refractivity contribution in [1.82, 2.24) is 0 Å². The number of hydrogen-bond acceptors (Lipinski definition) is 4. The smallest absolute Gasteiger partial charge is 0.306 e. The molecule has 40 heavy (non-hydrogen) atoms. The summed E-state index contributed by atoms with van der Waals surface area (Å²) in [5.41, 5.74) is 4.23. The molecule has 0 saturated heterocycles. The molecule has 0 heterocycles. The first-order valence-electron chi connectivity index (χ1n) is 14.0. The van der Waals surface area contributed by atoms with Gasteiger partial charge >= 0.3 is 5.97 Å². The Labute approximate surface area is 235 Å². The van der Waals surface area contributed by atoms with Crippen LogP contribution in [0.25, 0.3) is 11.1 Å². The number of benzene rings is 3. The van der Waals surface area contributed by atoms with Crippen molar-refractivity contribution in [2.45, 2.75) is 77.2 Å². The first-order chi connectivity index (χ1) is 19.0. The minimum absolute atomic E-state index is 0.00410. The number of rotatable bonds is 8. The summed E-state index contributed by atoms with van der Waals surface area (Å²) in [6, 6.07) is 13.8. The number of hydrogen-bond donors (Lipinski definition) is 0. The number of aryl methyl sites for hydroxylation is 1. The van der Waals surface area contributed by atoms with E-state index >= 15 is 8.78 Å². The highest BCUT2D eigenvalue weighted by molar-refractivity contribution is 5.72. The predicted molar refractivity (Wildman–Crippen MR) is 152 cm³/mol. The van der Waals surface area contributed by atoms with Crippen LogP contribution in [0, 0.1) is 17.0 Å². The van der Waals surface area contributed by atoms with E-state index in [-0.39, 0.29) is 29.3 Å². The van der Waals surface area contributed by atoms with E-state index in [1.54, 1.807) is 12.1 Å². The molecule has 0 unspecified atom stereocenters. The summed E-state index contributed by atoms with van der Waals surface area (Å²) in [6.07, 6.45) is 5.14. The molecule has 1 saturated carbocycles. The average molecular weight is 549 g/mol. The highest BCUT2D eigenvalue weighted by atomic mass is 19.1. The third kappa shape index (κ3) is 5.33. The SMILES string of the molecule is COC(=O)C[C@@]1(C)CCc2ccc(OCc3cc([C@@H]4CCCC4(C)C)c(-c4cc(OC)ccc4F)cc3F)cc21. The molecular weight excluding hydrogens is 510 g/mol. The number of carbonyl (C=O) groups is 1. The van der Waals surface area contributed by atoms with Crippen LogP contribution in [0.4, 0.5) is 8.78 Å². The lowest BCUT2D eigenvalue weighted by atomic mass is 9.75. The maximum atomic E-state index is 15.7. The molecule has 1 fully saturated rings. The Bertz CT molecular complexity index is 1430. The molecule has 2 aliphatic carbocycles. The van der Waals surface area contributed by atoms with Crippen molar-refractivity contribution >= 4 is 5.97 Å². The van der Waals surface area contributed by atoms with Crippen LogP contribution in [0.15, 0.2) is 48.5 Å². The van der Waals surface area contributed by atoms with Gasteiger partial charge in [-0.15, -0.1) is 0 Å². The van der Waals surface area contributed by atoms with Crippen LogP contribution in [-0.2, 0) is 28.0 Å². The average Bonchev–Trinajstić information content (AvgIpc) is 3.45. The highest BCUT2D eigenvalue weighted by Gasteiger charge is 2.38. The number of methoxy groups -OCH3 is 2. The fourth-order valence-electron chi connectivity index (χ4n) is 6.72. The van der Waals surface area contributed by atoms with E-state index < -0.39 is 11.6 Å². The number of carbonyl (C=O) groups excluding carboxylic acids is 1. The predicted octanol–water partition coefficient (Wildman–Crippen LogP) is 8.28. The van der Waals surface area contributed by atoms with Gasteiger partial charge < -0.3 is 14.2 Å². The first-order valence-corrected chi connectivity index (χ1v) is 14.0. The quantitative estimate of drug-likeness (QED) is 0.266. The summed E-state index contributed by atoms with van der Waals surface area (Å²) in [6.45, 7) is 6.57. The molecular formula is C34H38F2O4. The number of ether oxygens (including phenoxy) is 3. The molecule has 212 valence electrons. The maximum absolute atomic E-state index is 15.7. The van der Waals surface area contributed by atoms with Gasteiger partial charge in [-0.05, 0) is 102 Å². The second kappa shape index (κ2) is 10.9. The molecule has 0 N–H and O–H groups in total. The minimum Gasteiger partial charge on any atom is -0.497 e. The lowest BCUT2D eigenvalue weighted by Gasteiger charge is -2.30. The molecule has 2 atom stereocenters. The van der Waals surface area contributed by atoms with Crippen LogP contribution in [0.5, 0.6) is 11.5 Å². The normalized spacial score (nSPS) is 21.2. The lowest BCUT2D eigenvalue weighted by Crippen LogP contribution is -2.23. The Balaban J connectivity index is 1.48. The zero-order valence-corrected chi connectivity index (χ0v) is 24.0. The van der Waals surface area contributed by atoms with Gasteiger partial charge in [0, 0.05) is 16.5 Å². The van der Waals surface area contributed by atoms with E-state index in [0.717, 1.165) is 43.2 Å². The van der Waals surface area contributed by atoms with Crippen molar-refractivity contribution in [1.29, 1.82) is 0 Å². The van der Waals surface area contributed by atoms with Gasteiger partial charge in [-0.3, -0.25) is 4.79 Å². The molecule has 0 aromatic heterocycles. The topological polar surface area (TPSA) is 44.8 Å². The molecule has 5 rings (SSSR count). The van der Waals surface area contributed by atoms with E-state index in [1.165, 1.54) is 31.9 Å². The Morgan fingerprint density at radius 2 is 1.70 bits per heavy atom. The zero-order valence-electron chi connectivity index (χ0n) is 24.0. The van der Waals surface area contributed by atoms with Gasteiger partial charge in [-0.1, -0.05) is 33.3 Å². The first kappa shape index (κ1) is 28.1. The monoisotopic (exact) mass is 548 g/mol. The largest absolute Gasteiger partial charge is 0.497 e. The second-order valence-corrected chi connectivity index (χ2v) is 12.2. The van der Waals surface area contributed by atoms with Crippen molar-refractivity contribution in [3.8, 4) is 22.6 Å². The molecule has 3 aromatic carbocycles. The van der Waals surface area contributed by atoms with Crippen molar-refractivity contribution in [3.05, 3.63) is 82.4 Å². The molecule has 2 aliphatic rings. The molecule has 0 amide bonds. The molecule has 0 radical (unpaired) electrons. The highest BCUT2D eigenvalue weighted by Crippen LogP contribution is 2.52. The van der Waals surface area contributed by atoms with Crippen LogP contribution < -0.4 is 9.47 Å². The summed E-state index contributed by atoms with van der Waals surface area (Å²) in [5, 5.41) is 0. The van der Waals surface area contributed by atoms with Gasteiger partial charge in [0.2, 0.25) is 0 Å². The lowest BCUT2D eigenvalue weighted by molar-refractivity contribution is -0.142. The Kier molecular flexibility index (Phi) is 7.64. The summed E-state index contributed by atoms with van der Waals surface area (Å²) < 4.78 is 47.2. The molecule has 0 bridgehead atoms. The third-order valence-electron chi connectivity index (χ3n) is 9.15. The van der Waals surface area contributed by atoms with Gasteiger partial charge in [0.1, 0.15) is 29.7 Å². The summed E-state index contributed by atoms with van der Waals surface area (Å²) >= 11 is 0. The van der Waals surface area contributed by atoms with E-state index in [9.17, 15) is 4.79 Å². The fourth-order valence-corrected chi connectivity index (χ4v) is 6.72. The number of halogens is 2. The minimum atomic E-state index is -0.437. The fraction of sp³-hybridized carbons (Fsp3) is 0.441. The third-order valence-corrected chi connectivity index (χ3v) is 9.15. The maximum Gasteiger partial charge on any atom is 0.306 e. The van der Waals surface area contributed by atoms with Gasteiger partial charge in [0.25, 0.3) is 0 Å². The van der Waals surface area contributed by atoms with Crippen LogP contribution >= 0.6 is 0 Å². The van der Waals surface area contributed by atoms with Crippen molar-refractivity contribution < 1.29 is 27.8 Å². The van der Waals surface area contributed by atoms with Crippen LogP contribution in [-0.4, -0.2) is 20.2 Å². The Hall–Kier alpha value is -3.41. The summed E-state index contributed by atoms with van der Waals surface area (Å²) in [7, 11) is 2.95. The van der Waals surface area contributed by atoms with Gasteiger partial charge in [0.05, 0.1) is 20.6 Å².